The van der Waals surface area contributed by atoms with Crippen molar-refractivity contribution >= 4 is 11.8 Å². The van der Waals surface area contributed by atoms with Gasteiger partial charge in [-0.2, -0.15) is 0 Å². The van der Waals surface area contributed by atoms with Crippen molar-refractivity contribution in [1.29, 1.82) is 0 Å². The van der Waals surface area contributed by atoms with Gasteiger partial charge in [0.15, 0.2) is 5.16 Å². The molecule has 18 heavy (non-hydrogen) atoms. The van der Waals surface area contributed by atoms with Crippen LogP contribution in [-0.4, -0.2) is 20.4 Å². The van der Waals surface area contributed by atoms with Gasteiger partial charge in [0.2, 0.25) is 0 Å². The number of thioether (sulfide) groups is 1. The Balaban J connectivity index is 2.07. The molecule has 1 fully saturated rings. The van der Waals surface area contributed by atoms with Gasteiger partial charge in [0, 0.05) is 6.54 Å². The first-order valence-electron chi connectivity index (χ1n) is 6.56. The largest absolute Gasteiger partial charge is 0.390 e. The minimum atomic E-state index is 0.0519. The molecule has 0 atom stereocenters. The van der Waals surface area contributed by atoms with Crippen molar-refractivity contribution in [1.82, 2.24) is 9.55 Å². The third kappa shape index (κ3) is 3.30. The Labute approximate surface area is 113 Å². The van der Waals surface area contributed by atoms with Crippen LogP contribution in [0.1, 0.15) is 37.8 Å². The van der Waals surface area contributed by atoms with Crippen molar-refractivity contribution in [3.8, 4) is 12.3 Å². The van der Waals surface area contributed by atoms with Crippen molar-refractivity contribution in [3.63, 3.8) is 0 Å². The van der Waals surface area contributed by atoms with Crippen LogP contribution in [0.25, 0.3) is 0 Å². The van der Waals surface area contributed by atoms with Crippen LogP contribution >= 0.6 is 11.8 Å². The molecule has 1 aromatic rings. The van der Waals surface area contributed by atoms with Gasteiger partial charge in [0.05, 0.1) is 24.3 Å². The van der Waals surface area contributed by atoms with Gasteiger partial charge in [-0.1, -0.05) is 36.9 Å². The zero-order valence-electron chi connectivity index (χ0n) is 10.6. The second-order valence-electron chi connectivity index (χ2n) is 4.80. The lowest BCUT2D eigenvalue weighted by molar-refractivity contribution is 0.255. The lowest BCUT2D eigenvalue weighted by Gasteiger charge is -2.23. The standard InChI is InChI=1S/C14H20N2OS/c1-2-8-18-14-15-9-13(11-17)16(14)10-12-6-4-3-5-7-12/h1,9,12,17H,3-8,10-11H2. The second-order valence-corrected chi connectivity index (χ2v) is 5.74. The Bertz CT molecular complexity index is 416. The van der Waals surface area contributed by atoms with Crippen LogP contribution in [0, 0.1) is 18.3 Å². The van der Waals surface area contributed by atoms with E-state index >= 15 is 0 Å². The van der Waals surface area contributed by atoms with Gasteiger partial charge in [0.1, 0.15) is 0 Å². The van der Waals surface area contributed by atoms with Gasteiger partial charge in [-0.25, -0.2) is 4.98 Å². The predicted molar refractivity (Wildman–Crippen MR) is 74.3 cm³/mol. The highest BCUT2D eigenvalue weighted by atomic mass is 32.2. The van der Waals surface area contributed by atoms with E-state index < -0.39 is 0 Å². The van der Waals surface area contributed by atoms with Gasteiger partial charge in [-0.15, -0.1) is 6.42 Å². The number of nitrogens with zero attached hydrogens (tertiary/aromatic N) is 2. The first kappa shape index (κ1) is 13.5. The maximum Gasteiger partial charge on any atom is 0.169 e. The summed E-state index contributed by atoms with van der Waals surface area (Å²) >= 11 is 1.58. The molecule has 0 aliphatic heterocycles. The number of terminal acetylenes is 1. The number of hydrogen-bond acceptors (Lipinski definition) is 3. The second kappa shape index (κ2) is 6.86. The van der Waals surface area contributed by atoms with Gasteiger partial charge in [-0.05, 0) is 18.8 Å². The summed E-state index contributed by atoms with van der Waals surface area (Å²) in [4.78, 5) is 4.36. The van der Waals surface area contributed by atoms with Crippen LogP contribution in [0.2, 0.25) is 0 Å². The van der Waals surface area contributed by atoms with E-state index in [9.17, 15) is 5.11 Å². The molecule has 1 saturated carbocycles. The topological polar surface area (TPSA) is 38.1 Å². The minimum absolute atomic E-state index is 0.0519. The zero-order chi connectivity index (χ0) is 12.8. The van der Waals surface area contributed by atoms with E-state index in [1.165, 1.54) is 32.1 Å². The van der Waals surface area contributed by atoms with Crippen molar-refractivity contribution in [2.45, 2.75) is 50.4 Å². The fourth-order valence-electron chi connectivity index (χ4n) is 2.56. The molecule has 4 heteroatoms. The molecule has 1 aliphatic rings. The van der Waals surface area contributed by atoms with Crippen LogP contribution in [0.4, 0.5) is 0 Å². The molecule has 0 aromatic carbocycles. The maximum absolute atomic E-state index is 9.38. The maximum atomic E-state index is 9.38. The highest BCUT2D eigenvalue weighted by molar-refractivity contribution is 7.99. The SMILES string of the molecule is C#CCSc1ncc(CO)n1CC1CCCCC1. The van der Waals surface area contributed by atoms with E-state index in [1.54, 1.807) is 18.0 Å². The quantitative estimate of drug-likeness (QED) is 0.656. The Morgan fingerprint density at radius 3 is 2.89 bits per heavy atom. The van der Waals surface area contributed by atoms with Gasteiger partial charge >= 0.3 is 0 Å². The van der Waals surface area contributed by atoms with Crippen LogP contribution in [0.5, 0.6) is 0 Å². The molecule has 0 unspecified atom stereocenters. The molecule has 0 bridgehead atoms. The monoisotopic (exact) mass is 264 g/mol. The van der Waals surface area contributed by atoms with Crippen molar-refractivity contribution < 1.29 is 5.11 Å². The highest BCUT2D eigenvalue weighted by Gasteiger charge is 2.17. The Morgan fingerprint density at radius 2 is 2.22 bits per heavy atom. The predicted octanol–water partition coefficient (Wildman–Crippen LogP) is 2.68. The zero-order valence-corrected chi connectivity index (χ0v) is 11.5. The van der Waals surface area contributed by atoms with E-state index in [4.69, 9.17) is 6.42 Å². The summed E-state index contributed by atoms with van der Waals surface area (Å²) in [5, 5.41) is 10.3. The number of aromatic nitrogens is 2. The van der Waals surface area contributed by atoms with Crippen molar-refractivity contribution in [2.24, 2.45) is 5.92 Å². The molecule has 1 heterocycles. The summed E-state index contributed by atoms with van der Waals surface area (Å²) in [6.07, 6.45) is 13.7. The van der Waals surface area contributed by atoms with E-state index in [2.05, 4.69) is 15.5 Å². The van der Waals surface area contributed by atoms with Gasteiger partial charge in [0.25, 0.3) is 0 Å². The normalized spacial score (nSPS) is 16.7. The summed E-state index contributed by atoms with van der Waals surface area (Å²) in [7, 11) is 0. The summed E-state index contributed by atoms with van der Waals surface area (Å²) < 4.78 is 2.15. The molecule has 3 nitrogen and oxygen atoms in total. The average Bonchev–Trinajstić information content (AvgIpc) is 2.80. The first-order chi connectivity index (χ1) is 8.85. The molecular weight excluding hydrogens is 244 g/mol. The van der Waals surface area contributed by atoms with Crippen molar-refractivity contribution in [3.05, 3.63) is 11.9 Å². The molecule has 2 rings (SSSR count). The third-order valence-corrected chi connectivity index (χ3v) is 4.41. The lowest BCUT2D eigenvalue weighted by atomic mass is 9.89. The molecule has 0 spiro atoms. The summed E-state index contributed by atoms with van der Waals surface area (Å²) in [6.45, 7) is 1.03. The van der Waals surface area contributed by atoms with Gasteiger partial charge < -0.3 is 9.67 Å². The first-order valence-corrected chi connectivity index (χ1v) is 7.55. The Kier molecular flexibility index (Phi) is 5.15. The van der Waals surface area contributed by atoms with Crippen LogP contribution < -0.4 is 0 Å². The van der Waals surface area contributed by atoms with E-state index in [1.807, 2.05) is 0 Å². The smallest absolute Gasteiger partial charge is 0.169 e. The molecule has 0 saturated heterocycles. The van der Waals surface area contributed by atoms with Crippen LogP contribution in [0.15, 0.2) is 11.4 Å². The highest BCUT2D eigenvalue weighted by Crippen LogP contribution is 2.28. The van der Waals surface area contributed by atoms with E-state index in [-0.39, 0.29) is 6.61 Å². The fourth-order valence-corrected chi connectivity index (χ4v) is 3.25. The molecule has 1 aliphatic carbocycles. The number of imidazole rings is 1. The molecule has 1 N–H and O–H groups in total. The van der Waals surface area contributed by atoms with Gasteiger partial charge in [-0.3, -0.25) is 0 Å². The number of aliphatic hydroxyl groups is 1. The van der Waals surface area contributed by atoms with Crippen molar-refractivity contribution in [2.75, 3.05) is 5.75 Å². The van der Waals surface area contributed by atoms with E-state index in [0.717, 1.165) is 23.3 Å². The molecule has 0 amide bonds. The lowest BCUT2D eigenvalue weighted by Crippen LogP contribution is -2.16. The number of rotatable bonds is 5. The molecular formula is C14H20N2OS. The number of hydrogen-bond donors (Lipinski definition) is 1. The van der Waals surface area contributed by atoms with Crippen LogP contribution in [-0.2, 0) is 13.2 Å². The van der Waals surface area contributed by atoms with E-state index in [0.29, 0.717) is 5.75 Å². The Hall–Kier alpha value is -0.920. The molecule has 1 aromatic heterocycles. The molecule has 98 valence electrons. The Morgan fingerprint density at radius 1 is 1.44 bits per heavy atom. The fraction of sp³-hybridized carbons (Fsp3) is 0.643. The average molecular weight is 264 g/mol. The summed E-state index contributed by atoms with van der Waals surface area (Å²) in [5.74, 6) is 3.98. The number of aliphatic hydroxyl groups excluding tert-OH is 1. The summed E-state index contributed by atoms with van der Waals surface area (Å²) in [6, 6.07) is 0. The molecule has 0 radical (unpaired) electrons. The van der Waals surface area contributed by atoms with Crippen LogP contribution in [0.3, 0.4) is 0 Å². The third-order valence-electron chi connectivity index (χ3n) is 3.51. The minimum Gasteiger partial charge on any atom is -0.390 e. The summed E-state index contributed by atoms with van der Waals surface area (Å²) in [5.41, 5.74) is 0.903.